The van der Waals surface area contributed by atoms with Crippen LogP contribution in [0.15, 0.2) is 27.2 Å². The van der Waals surface area contributed by atoms with Crippen molar-refractivity contribution in [1.29, 1.82) is 0 Å². The summed E-state index contributed by atoms with van der Waals surface area (Å²) in [5, 5.41) is 7.67. The molecule has 0 saturated heterocycles. The summed E-state index contributed by atoms with van der Waals surface area (Å²) < 4.78 is 20.4. The van der Waals surface area contributed by atoms with Gasteiger partial charge in [0.25, 0.3) is 11.8 Å². The van der Waals surface area contributed by atoms with Gasteiger partial charge in [-0.1, -0.05) is 44.1 Å². The normalized spacial score (nSPS) is 11.2. The van der Waals surface area contributed by atoms with Gasteiger partial charge < -0.3 is 18.5 Å². The summed E-state index contributed by atoms with van der Waals surface area (Å²) in [6, 6.07) is 4.35. The summed E-state index contributed by atoms with van der Waals surface area (Å²) in [5.41, 5.74) is -0.114. The number of hydrogen-bond donors (Lipinski definition) is 0. The topological polar surface area (TPSA) is 143 Å². The fourth-order valence-corrected chi connectivity index (χ4v) is 2.66. The van der Waals surface area contributed by atoms with Gasteiger partial charge in [-0.05, 0) is 24.0 Å². The monoisotopic (exact) mass is 443 g/mol. The second kappa shape index (κ2) is 10.6. The van der Waals surface area contributed by atoms with Crippen LogP contribution in [0.3, 0.4) is 0 Å². The zero-order chi connectivity index (χ0) is 23.1. The molecular formula is C21H25N5O6. The molecule has 3 aromatic rings. The molecule has 0 aliphatic heterocycles. The fourth-order valence-electron chi connectivity index (χ4n) is 2.66. The van der Waals surface area contributed by atoms with E-state index in [1.165, 1.54) is 18.2 Å². The van der Waals surface area contributed by atoms with Gasteiger partial charge in [0, 0.05) is 12.8 Å². The van der Waals surface area contributed by atoms with Crippen LogP contribution in [0.25, 0.3) is 0 Å². The first-order chi connectivity index (χ1) is 15.3. The van der Waals surface area contributed by atoms with Gasteiger partial charge in [-0.25, -0.2) is 14.6 Å². The predicted octanol–water partition coefficient (Wildman–Crippen LogP) is 2.96. The number of nitrogens with zero attached hydrogens (tertiary/aromatic N) is 5. The van der Waals surface area contributed by atoms with Gasteiger partial charge in [0.15, 0.2) is 24.9 Å². The van der Waals surface area contributed by atoms with Crippen LogP contribution in [-0.2, 0) is 35.5 Å². The first kappa shape index (κ1) is 23.0. The third kappa shape index (κ3) is 6.69. The molecule has 0 unspecified atom stereocenters. The maximum Gasteiger partial charge on any atom is 0.357 e. The SMILES string of the molecule is CC(C)Cc1noc(COC(=O)c2cccc(C(=O)OCc3nc(CC(C)C)no3)n2)n1. The van der Waals surface area contributed by atoms with Crippen molar-refractivity contribution < 1.29 is 28.1 Å². The minimum Gasteiger partial charge on any atom is -0.451 e. The summed E-state index contributed by atoms with van der Waals surface area (Å²) in [4.78, 5) is 36.9. The number of hydrogen-bond acceptors (Lipinski definition) is 11. The summed E-state index contributed by atoms with van der Waals surface area (Å²) >= 11 is 0. The zero-order valence-corrected chi connectivity index (χ0v) is 18.4. The molecule has 3 rings (SSSR count). The Balaban J connectivity index is 1.53. The third-order valence-electron chi connectivity index (χ3n) is 4.02. The van der Waals surface area contributed by atoms with Crippen LogP contribution in [0.4, 0.5) is 0 Å². The van der Waals surface area contributed by atoms with Gasteiger partial charge in [0.2, 0.25) is 0 Å². The Morgan fingerprint density at radius 3 is 1.62 bits per heavy atom. The molecule has 3 heterocycles. The molecular weight excluding hydrogens is 418 g/mol. The summed E-state index contributed by atoms with van der Waals surface area (Å²) in [6.45, 7) is 7.74. The highest BCUT2D eigenvalue weighted by Gasteiger charge is 2.17. The van der Waals surface area contributed by atoms with E-state index in [1.54, 1.807) is 0 Å². The van der Waals surface area contributed by atoms with Crippen LogP contribution in [0.1, 0.15) is 72.1 Å². The second-order valence-corrected chi connectivity index (χ2v) is 7.96. The summed E-state index contributed by atoms with van der Waals surface area (Å²) in [6.07, 6.45) is 1.32. The smallest absolute Gasteiger partial charge is 0.357 e. The first-order valence-electron chi connectivity index (χ1n) is 10.2. The third-order valence-corrected chi connectivity index (χ3v) is 4.02. The number of carbonyl (C=O) groups excluding carboxylic acids is 2. The van der Waals surface area contributed by atoms with E-state index in [-0.39, 0.29) is 36.4 Å². The lowest BCUT2D eigenvalue weighted by Crippen LogP contribution is -2.13. The molecule has 0 fully saturated rings. The minimum absolute atomic E-state index is 0.0571. The molecule has 0 saturated carbocycles. The molecule has 170 valence electrons. The number of aromatic nitrogens is 5. The van der Waals surface area contributed by atoms with Crippen LogP contribution < -0.4 is 0 Å². The Hall–Kier alpha value is -3.63. The Labute approximate surface area is 184 Å². The first-order valence-corrected chi connectivity index (χ1v) is 10.2. The molecule has 0 N–H and O–H groups in total. The average Bonchev–Trinajstić information content (AvgIpc) is 3.38. The number of carbonyl (C=O) groups is 2. The van der Waals surface area contributed by atoms with Gasteiger partial charge in [0.05, 0.1) is 0 Å². The van der Waals surface area contributed by atoms with Crippen molar-refractivity contribution in [2.45, 2.75) is 53.8 Å². The van der Waals surface area contributed by atoms with E-state index in [0.29, 0.717) is 36.3 Å². The highest BCUT2D eigenvalue weighted by atomic mass is 16.6. The number of ether oxygens (including phenoxy) is 2. The van der Waals surface area contributed by atoms with Crippen molar-refractivity contribution in [1.82, 2.24) is 25.3 Å². The molecule has 0 amide bonds. The van der Waals surface area contributed by atoms with Crippen molar-refractivity contribution >= 4 is 11.9 Å². The predicted molar refractivity (Wildman–Crippen MR) is 108 cm³/mol. The van der Waals surface area contributed by atoms with E-state index in [2.05, 4.69) is 25.3 Å². The van der Waals surface area contributed by atoms with E-state index in [9.17, 15) is 9.59 Å². The van der Waals surface area contributed by atoms with E-state index < -0.39 is 11.9 Å². The van der Waals surface area contributed by atoms with Gasteiger partial charge >= 0.3 is 11.9 Å². The van der Waals surface area contributed by atoms with Crippen molar-refractivity contribution in [3.8, 4) is 0 Å². The number of pyridine rings is 1. The van der Waals surface area contributed by atoms with E-state index in [0.717, 1.165) is 0 Å². The molecule has 0 aromatic carbocycles. The van der Waals surface area contributed by atoms with Crippen molar-refractivity contribution in [2.24, 2.45) is 11.8 Å². The van der Waals surface area contributed by atoms with Crippen LogP contribution in [0.5, 0.6) is 0 Å². The molecule has 0 aliphatic carbocycles. The van der Waals surface area contributed by atoms with Crippen LogP contribution in [0, 0.1) is 11.8 Å². The standard InChI is InChI=1S/C21H25N5O6/c1-12(2)8-16-23-18(31-25-16)10-29-20(27)14-6-5-7-15(22-14)21(28)30-11-19-24-17(26-32-19)9-13(3)4/h5-7,12-13H,8-11H2,1-4H3. The number of esters is 2. The largest absolute Gasteiger partial charge is 0.451 e. The Morgan fingerprint density at radius 1 is 0.781 bits per heavy atom. The van der Waals surface area contributed by atoms with Gasteiger partial charge in [0.1, 0.15) is 11.4 Å². The Bertz CT molecular complexity index is 979. The van der Waals surface area contributed by atoms with Gasteiger partial charge in [-0.2, -0.15) is 9.97 Å². The lowest BCUT2D eigenvalue weighted by atomic mass is 10.1. The highest BCUT2D eigenvalue weighted by Crippen LogP contribution is 2.10. The van der Waals surface area contributed by atoms with Gasteiger partial charge in [-0.15, -0.1) is 0 Å². The molecule has 0 spiro atoms. The van der Waals surface area contributed by atoms with Gasteiger partial charge in [-0.3, -0.25) is 0 Å². The molecule has 11 nitrogen and oxygen atoms in total. The van der Waals surface area contributed by atoms with Crippen molar-refractivity contribution in [3.63, 3.8) is 0 Å². The van der Waals surface area contributed by atoms with Crippen molar-refractivity contribution in [3.05, 3.63) is 53.0 Å². The Morgan fingerprint density at radius 2 is 1.22 bits per heavy atom. The second-order valence-electron chi connectivity index (χ2n) is 7.96. The fraction of sp³-hybridized carbons (Fsp3) is 0.476. The molecule has 3 aromatic heterocycles. The van der Waals surface area contributed by atoms with E-state index >= 15 is 0 Å². The highest BCUT2D eigenvalue weighted by molar-refractivity contribution is 5.91. The Kier molecular flexibility index (Phi) is 7.63. The number of rotatable bonds is 10. The maximum absolute atomic E-state index is 12.3. The summed E-state index contributed by atoms with van der Waals surface area (Å²) in [5.74, 6) is 0.727. The molecule has 11 heteroatoms. The zero-order valence-electron chi connectivity index (χ0n) is 18.4. The minimum atomic E-state index is -0.738. The molecule has 0 atom stereocenters. The average molecular weight is 443 g/mol. The van der Waals surface area contributed by atoms with E-state index in [1.807, 2.05) is 27.7 Å². The van der Waals surface area contributed by atoms with Crippen LogP contribution in [0.2, 0.25) is 0 Å². The molecule has 0 radical (unpaired) electrons. The molecule has 0 aliphatic rings. The lowest BCUT2D eigenvalue weighted by Gasteiger charge is -2.04. The lowest BCUT2D eigenvalue weighted by molar-refractivity contribution is 0.0412. The maximum atomic E-state index is 12.3. The molecule has 0 bridgehead atoms. The van der Waals surface area contributed by atoms with E-state index in [4.69, 9.17) is 18.5 Å². The molecule has 32 heavy (non-hydrogen) atoms. The summed E-state index contributed by atoms with van der Waals surface area (Å²) in [7, 11) is 0. The van der Waals surface area contributed by atoms with Crippen LogP contribution >= 0.6 is 0 Å². The quantitative estimate of drug-likeness (QED) is 0.426. The van der Waals surface area contributed by atoms with Crippen LogP contribution in [-0.4, -0.2) is 37.2 Å². The van der Waals surface area contributed by atoms with Crippen molar-refractivity contribution in [2.75, 3.05) is 0 Å².